The van der Waals surface area contributed by atoms with Crippen molar-refractivity contribution in [2.45, 2.75) is 25.3 Å². The van der Waals surface area contributed by atoms with Gasteiger partial charge in [0.15, 0.2) is 0 Å². The number of fused-ring (bicyclic) bond motifs is 1. The van der Waals surface area contributed by atoms with Gasteiger partial charge in [0.2, 0.25) is 0 Å². The number of nitrogens with one attached hydrogen (secondary N) is 2. The molecular weight excluding hydrogens is 212 g/mol. The van der Waals surface area contributed by atoms with Crippen LogP contribution in [0.5, 0.6) is 0 Å². The number of rotatable bonds is 2. The first kappa shape index (κ1) is 10.6. The van der Waals surface area contributed by atoms with Crippen LogP contribution in [0.15, 0.2) is 24.5 Å². The monoisotopic (exact) mass is 230 g/mol. The van der Waals surface area contributed by atoms with Crippen molar-refractivity contribution in [3.63, 3.8) is 0 Å². The molecule has 0 aliphatic carbocycles. The molecule has 3 heterocycles. The van der Waals surface area contributed by atoms with Crippen molar-refractivity contribution in [2.75, 3.05) is 18.9 Å². The van der Waals surface area contributed by atoms with E-state index in [-0.39, 0.29) is 0 Å². The quantitative estimate of drug-likeness (QED) is 0.831. The number of anilines is 1. The standard InChI is InChI=1S/C13H18N4/c1-14-13-12-6-4-8-17(12)9-11(16-13)10-5-2-3-7-15-10/h4,6,8-10,15H,2-3,5,7H2,1H3,(H,14,16). The van der Waals surface area contributed by atoms with Crippen molar-refractivity contribution in [2.24, 2.45) is 0 Å². The molecule has 4 heteroatoms. The Bertz CT molecular complexity index is 511. The molecule has 0 amide bonds. The summed E-state index contributed by atoms with van der Waals surface area (Å²) >= 11 is 0. The molecule has 0 radical (unpaired) electrons. The average Bonchev–Trinajstić information content (AvgIpc) is 2.86. The van der Waals surface area contributed by atoms with E-state index in [0.717, 1.165) is 23.6 Å². The van der Waals surface area contributed by atoms with Crippen molar-refractivity contribution in [1.29, 1.82) is 0 Å². The van der Waals surface area contributed by atoms with Gasteiger partial charge in [-0.3, -0.25) is 0 Å². The lowest BCUT2D eigenvalue weighted by Crippen LogP contribution is -2.27. The second-order valence-electron chi connectivity index (χ2n) is 4.57. The number of nitrogens with zero attached hydrogens (tertiary/aromatic N) is 2. The SMILES string of the molecule is CNc1nc(C2CCCCN2)cn2cccc12. The predicted octanol–water partition coefficient (Wildman–Crippen LogP) is 2.19. The second-order valence-corrected chi connectivity index (χ2v) is 4.57. The van der Waals surface area contributed by atoms with Gasteiger partial charge in [0, 0.05) is 19.4 Å². The Labute approximate surface area is 101 Å². The van der Waals surface area contributed by atoms with Crippen LogP contribution in [0.3, 0.4) is 0 Å². The minimum atomic E-state index is 0.405. The van der Waals surface area contributed by atoms with E-state index in [9.17, 15) is 0 Å². The third kappa shape index (κ3) is 1.89. The Hall–Kier alpha value is -1.55. The van der Waals surface area contributed by atoms with Crippen molar-refractivity contribution >= 4 is 11.3 Å². The number of piperidine rings is 1. The van der Waals surface area contributed by atoms with Crippen molar-refractivity contribution in [3.8, 4) is 0 Å². The molecule has 3 rings (SSSR count). The van der Waals surface area contributed by atoms with Gasteiger partial charge in [0.05, 0.1) is 17.3 Å². The van der Waals surface area contributed by atoms with Crippen LogP contribution in [0.25, 0.3) is 5.52 Å². The van der Waals surface area contributed by atoms with Gasteiger partial charge in [-0.25, -0.2) is 4.98 Å². The Morgan fingerprint density at radius 2 is 2.41 bits per heavy atom. The maximum Gasteiger partial charge on any atom is 0.150 e. The van der Waals surface area contributed by atoms with Crippen molar-refractivity contribution in [1.82, 2.24) is 14.7 Å². The first-order chi connectivity index (χ1) is 8.38. The first-order valence-electron chi connectivity index (χ1n) is 6.27. The van der Waals surface area contributed by atoms with Gasteiger partial charge in [-0.1, -0.05) is 6.42 Å². The van der Waals surface area contributed by atoms with Crippen LogP contribution in [0.1, 0.15) is 31.0 Å². The van der Waals surface area contributed by atoms with E-state index in [1.807, 2.05) is 7.05 Å². The van der Waals surface area contributed by atoms with Crippen LogP contribution in [-0.2, 0) is 0 Å². The molecular formula is C13H18N4. The fraction of sp³-hybridized carbons (Fsp3) is 0.462. The third-order valence-electron chi connectivity index (χ3n) is 3.44. The summed E-state index contributed by atoms with van der Waals surface area (Å²) in [6.07, 6.45) is 7.96. The minimum Gasteiger partial charge on any atom is -0.371 e. The highest BCUT2D eigenvalue weighted by molar-refractivity contribution is 5.68. The predicted molar refractivity (Wildman–Crippen MR) is 69.3 cm³/mol. The van der Waals surface area contributed by atoms with Gasteiger partial charge in [-0.05, 0) is 31.5 Å². The lowest BCUT2D eigenvalue weighted by Gasteiger charge is -2.23. The molecule has 1 unspecified atom stereocenters. The Morgan fingerprint density at radius 3 is 3.18 bits per heavy atom. The Morgan fingerprint density at radius 1 is 1.47 bits per heavy atom. The summed E-state index contributed by atoms with van der Waals surface area (Å²) in [6, 6.07) is 4.54. The molecule has 1 atom stereocenters. The molecule has 0 saturated carbocycles. The van der Waals surface area contributed by atoms with E-state index in [1.165, 1.54) is 19.3 Å². The summed E-state index contributed by atoms with van der Waals surface area (Å²) in [4.78, 5) is 4.72. The highest BCUT2D eigenvalue weighted by Crippen LogP contribution is 2.24. The van der Waals surface area contributed by atoms with Gasteiger partial charge in [0.25, 0.3) is 0 Å². The molecule has 2 aromatic heterocycles. The van der Waals surface area contributed by atoms with Crippen LogP contribution >= 0.6 is 0 Å². The van der Waals surface area contributed by atoms with Gasteiger partial charge in [0.1, 0.15) is 5.82 Å². The fourth-order valence-corrected chi connectivity index (χ4v) is 2.52. The molecule has 1 aliphatic heterocycles. The lowest BCUT2D eigenvalue weighted by atomic mass is 10.0. The summed E-state index contributed by atoms with van der Waals surface area (Å²) in [7, 11) is 1.92. The Balaban J connectivity index is 2.03. The molecule has 1 fully saturated rings. The summed E-state index contributed by atoms with van der Waals surface area (Å²) in [6.45, 7) is 1.10. The minimum absolute atomic E-state index is 0.405. The number of hydrogen-bond donors (Lipinski definition) is 2. The average molecular weight is 230 g/mol. The molecule has 2 aromatic rings. The highest BCUT2D eigenvalue weighted by Gasteiger charge is 2.17. The second kappa shape index (κ2) is 4.37. The van der Waals surface area contributed by atoms with E-state index in [0.29, 0.717) is 6.04 Å². The maximum atomic E-state index is 4.72. The molecule has 0 aromatic carbocycles. The first-order valence-corrected chi connectivity index (χ1v) is 6.27. The van der Waals surface area contributed by atoms with Crippen LogP contribution in [0.2, 0.25) is 0 Å². The zero-order valence-electron chi connectivity index (χ0n) is 10.1. The zero-order chi connectivity index (χ0) is 11.7. The summed E-state index contributed by atoms with van der Waals surface area (Å²) < 4.78 is 2.14. The molecule has 90 valence electrons. The molecule has 17 heavy (non-hydrogen) atoms. The van der Waals surface area contributed by atoms with E-state index in [4.69, 9.17) is 4.98 Å². The van der Waals surface area contributed by atoms with Gasteiger partial charge in [-0.2, -0.15) is 0 Å². The third-order valence-corrected chi connectivity index (χ3v) is 3.44. The Kier molecular flexibility index (Phi) is 2.73. The van der Waals surface area contributed by atoms with Gasteiger partial charge >= 0.3 is 0 Å². The highest BCUT2D eigenvalue weighted by atomic mass is 15.1. The molecule has 1 saturated heterocycles. The van der Waals surface area contributed by atoms with E-state index >= 15 is 0 Å². The van der Waals surface area contributed by atoms with E-state index < -0.39 is 0 Å². The normalized spacial score (nSPS) is 20.6. The van der Waals surface area contributed by atoms with Crippen molar-refractivity contribution < 1.29 is 0 Å². The van der Waals surface area contributed by atoms with Crippen LogP contribution < -0.4 is 10.6 Å². The topological polar surface area (TPSA) is 41.4 Å². The molecule has 1 aliphatic rings. The van der Waals surface area contributed by atoms with E-state index in [2.05, 4.69) is 39.6 Å². The molecule has 2 N–H and O–H groups in total. The summed E-state index contributed by atoms with van der Waals surface area (Å²) in [5.41, 5.74) is 2.27. The van der Waals surface area contributed by atoms with Gasteiger partial charge < -0.3 is 15.0 Å². The largest absolute Gasteiger partial charge is 0.371 e. The smallest absolute Gasteiger partial charge is 0.150 e. The molecule has 4 nitrogen and oxygen atoms in total. The van der Waals surface area contributed by atoms with Crippen molar-refractivity contribution in [3.05, 3.63) is 30.2 Å². The van der Waals surface area contributed by atoms with E-state index in [1.54, 1.807) is 0 Å². The number of hydrogen-bond acceptors (Lipinski definition) is 3. The molecule has 0 spiro atoms. The van der Waals surface area contributed by atoms with Crippen LogP contribution in [-0.4, -0.2) is 23.0 Å². The number of aromatic nitrogens is 2. The lowest BCUT2D eigenvalue weighted by molar-refractivity contribution is 0.404. The van der Waals surface area contributed by atoms with Gasteiger partial charge in [-0.15, -0.1) is 0 Å². The van der Waals surface area contributed by atoms with Crippen LogP contribution in [0.4, 0.5) is 5.82 Å². The molecule has 0 bridgehead atoms. The summed E-state index contributed by atoms with van der Waals surface area (Å²) in [5.74, 6) is 0.958. The summed E-state index contributed by atoms with van der Waals surface area (Å²) in [5, 5.41) is 6.72. The van der Waals surface area contributed by atoms with Crippen LogP contribution in [0, 0.1) is 0 Å². The fourth-order valence-electron chi connectivity index (χ4n) is 2.52. The maximum absolute atomic E-state index is 4.72. The zero-order valence-corrected chi connectivity index (χ0v) is 10.1.